The summed E-state index contributed by atoms with van der Waals surface area (Å²) in [5.74, 6) is 0.0225. The maximum Gasteiger partial charge on any atom is 0.264 e. The lowest BCUT2D eigenvalue weighted by Crippen LogP contribution is -2.55. The summed E-state index contributed by atoms with van der Waals surface area (Å²) in [5.41, 5.74) is 2.08. The second kappa shape index (κ2) is 10.8. The molecule has 3 aliphatic carbocycles. The standard InChI is InChI=1S/C33H41ClN2O5S/c1-21-6-4-8-29(37)27-11-9-24(27)18-36-19-33(14-5-7-25-17-26(34)13-15-32(25,33)3)20-41-30-12-10-23(16-28(30)36)31(38)35-42(39,40)22(21)2/h4,8,10,12-13,16-17,21-22,24,27H,5-7,9,11,14-15,18-20H2,1-3H3,(H,35,38)/b8-4+/t21-,22+,24-,27+,32?,33-/m0/s1. The monoisotopic (exact) mass is 612 g/mol. The number of carbonyl (C=O) groups is 2. The smallest absolute Gasteiger partial charge is 0.264 e. The van der Waals surface area contributed by atoms with Gasteiger partial charge in [-0.2, -0.15) is 0 Å². The fraction of sp³-hybridized carbons (Fsp3) is 0.576. The molecular formula is C33H41ClN2O5S. The highest BCUT2D eigenvalue weighted by atomic mass is 35.5. The van der Waals surface area contributed by atoms with Crippen LogP contribution in [0.25, 0.3) is 0 Å². The molecule has 226 valence electrons. The molecule has 1 N–H and O–H groups in total. The van der Waals surface area contributed by atoms with Crippen LogP contribution in [-0.2, 0) is 14.8 Å². The maximum absolute atomic E-state index is 13.3. The summed E-state index contributed by atoms with van der Waals surface area (Å²) < 4.78 is 35.2. The van der Waals surface area contributed by atoms with Crippen molar-refractivity contribution in [1.82, 2.24) is 4.72 Å². The van der Waals surface area contributed by atoms with Gasteiger partial charge < -0.3 is 9.64 Å². The van der Waals surface area contributed by atoms with Gasteiger partial charge in [-0.25, -0.2) is 13.1 Å². The van der Waals surface area contributed by atoms with Crippen LogP contribution in [0.3, 0.4) is 0 Å². The Morgan fingerprint density at radius 3 is 2.74 bits per heavy atom. The van der Waals surface area contributed by atoms with Crippen LogP contribution in [-0.4, -0.2) is 45.1 Å². The quantitative estimate of drug-likeness (QED) is 0.378. The molecular weight excluding hydrogens is 572 g/mol. The van der Waals surface area contributed by atoms with Gasteiger partial charge in [0.05, 0.1) is 17.5 Å². The van der Waals surface area contributed by atoms with E-state index >= 15 is 0 Å². The van der Waals surface area contributed by atoms with Crippen molar-refractivity contribution in [1.29, 1.82) is 0 Å². The molecule has 2 heterocycles. The average molecular weight is 613 g/mol. The molecule has 2 fully saturated rings. The number of ketones is 1. The lowest BCUT2D eigenvalue weighted by atomic mass is 9.52. The third-order valence-electron chi connectivity index (χ3n) is 11.1. The summed E-state index contributed by atoms with van der Waals surface area (Å²) >= 11 is 6.48. The minimum Gasteiger partial charge on any atom is -0.491 e. The first-order valence-electron chi connectivity index (χ1n) is 15.3. The molecule has 1 aromatic carbocycles. The van der Waals surface area contributed by atoms with Gasteiger partial charge in [0.2, 0.25) is 10.0 Å². The molecule has 1 unspecified atom stereocenters. The van der Waals surface area contributed by atoms with E-state index < -0.39 is 21.2 Å². The van der Waals surface area contributed by atoms with E-state index in [4.69, 9.17) is 16.3 Å². The number of nitrogens with one attached hydrogen (secondary N) is 1. The molecule has 5 aliphatic rings. The number of hydrogen-bond acceptors (Lipinski definition) is 6. The predicted molar refractivity (Wildman–Crippen MR) is 165 cm³/mol. The normalized spacial score (nSPS) is 37.1. The Bertz CT molecular complexity index is 1500. The molecule has 2 aliphatic heterocycles. The van der Waals surface area contributed by atoms with Gasteiger partial charge in [-0.3, -0.25) is 9.59 Å². The van der Waals surface area contributed by atoms with Crippen LogP contribution >= 0.6 is 11.6 Å². The van der Waals surface area contributed by atoms with Gasteiger partial charge in [-0.1, -0.05) is 43.2 Å². The molecule has 0 aromatic heterocycles. The number of fused-ring (bicyclic) bond motifs is 4. The zero-order valence-electron chi connectivity index (χ0n) is 24.7. The molecule has 6 atom stereocenters. The number of nitrogens with zero attached hydrogens (tertiary/aromatic N) is 1. The van der Waals surface area contributed by atoms with Crippen LogP contribution < -0.4 is 14.4 Å². The number of ether oxygens (including phenoxy) is 1. The molecule has 9 heteroatoms. The summed E-state index contributed by atoms with van der Waals surface area (Å²) in [5, 5.41) is -0.0148. The topological polar surface area (TPSA) is 92.8 Å². The largest absolute Gasteiger partial charge is 0.491 e. The van der Waals surface area contributed by atoms with E-state index in [1.54, 1.807) is 37.3 Å². The van der Waals surface area contributed by atoms with Gasteiger partial charge in [0.25, 0.3) is 5.91 Å². The van der Waals surface area contributed by atoms with Crippen molar-refractivity contribution >= 4 is 39.0 Å². The zero-order valence-corrected chi connectivity index (χ0v) is 26.3. The number of amides is 1. The van der Waals surface area contributed by atoms with Gasteiger partial charge in [-0.05, 0) is 94.1 Å². The van der Waals surface area contributed by atoms with Crippen molar-refractivity contribution in [3.63, 3.8) is 0 Å². The van der Waals surface area contributed by atoms with Crippen LogP contribution in [0.15, 0.2) is 53.1 Å². The van der Waals surface area contributed by atoms with Crippen molar-refractivity contribution in [2.45, 2.75) is 71.0 Å². The van der Waals surface area contributed by atoms with Crippen molar-refractivity contribution < 1.29 is 22.7 Å². The molecule has 6 rings (SSSR count). The van der Waals surface area contributed by atoms with Crippen LogP contribution in [0, 0.1) is 28.6 Å². The lowest BCUT2D eigenvalue weighted by molar-refractivity contribution is -0.122. The van der Waals surface area contributed by atoms with Gasteiger partial charge in [0, 0.05) is 40.4 Å². The van der Waals surface area contributed by atoms with E-state index in [1.165, 1.54) is 5.57 Å². The van der Waals surface area contributed by atoms with Gasteiger partial charge in [-0.15, -0.1) is 0 Å². The Morgan fingerprint density at radius 2 is 1.98 bits per heavy atom. The van der Waals surface area contributed by atoms with E-state index in [1.807, 2.05) is 6.92 Å². The van der Waals surface area contributed by atoms with E-state index in [0.29, 0.717) is 31.9 Å². The Kier molecular flexibility index (Phi) is 7.62. The van der Waals surface area contributed by atoms with Crippen LogP contribution in [0.1, 0.15) is 76.1 Å². The zero-order chi connectivity index (χ0) is 29.9. The number of carbonyl (C=O) groups excluding carboxylic acids is 2. The first kappa shape index (κ1) is 29.5. The van der Waals surface area contributed by atoms with Crippen molar-refractivity contribution in [3.8, 4) is 5.75 Å². The predicted octanol–water partition coefficient (Wildman–Crippen LogP) is 6.15. The lowest BCUT2D eigenvalue weighted by Gasteiger charge is -2.55. The molecule has 0 saturated heterocycles. The number of anilines is 1. The first-order chi connectivity index (χ1) is 19.9. The number of sulfonamides is 1. The minimum absolute atomic E-state index is 0.0607. The van der Waals surface area contributed by atoms with E-state index in [0.717, 1.165) is 49.2 Å². The summed E-state index contributed by atoms with van der Waals surface area (Å²) in [6, 6.07) is 5.21. The average Bonchev–Trinajstić information content (AvgIpc) is 3.08. The summed E-state index contributed by atoms with van der Waals surface area (Å²) in [6.07, 6.45) is 13.8. The van der Waals surface area contributed by atoms with Gasteiger partial charge in [0.15, 0.2) is 5.78 Å². The molecule has 0 radical (unpaired) electrons. The minimum atomic E-state index is -3.93. The van der Waals surface area contributed by atoms with E-state index in [-0.39, 0.29) is 39.9 Å². The molecule has 2 saturated carbocycles. The summed E-state index contributed by atoms with van der Waals surface area (Å²) in [7, 11) is -3.93. The van der Waals surface area contributed by atoms with Crippen LogP contribution in [0.2, 0.25) is 0 Å². The Labute approximate surface area is 254 Å². The van der Waals surface area contributed by atoms with Crippen LogP contribution in [0.5, 0.6) is 5.75 Å². The number of hydrogen-bond donors (Lipinski definition) is 1. The fourth-order valence-electron chi connectivity index (χ4n) is 7.75. The molecule has 7 nitrogen and oxygen atoms in total. The molecule has 42 heavy (non-hydrogen) atoms. The molecule has 2 bridgehead atoms. The molecule has 1 amide bonds. The number of halogens is 1. The highest BCUT2D eigenvalue weighted by Gasteiger charge is 2.55. The van der Waals surface area contributed by atoms with Crippen molar-refractivity contribution in [2.75, 3.05) is 24.6 Å². The van der Waals surface area contributed by atoms with Crippen molar-refractivity contribution in [2.24, 2.45) is 28.6 Å². The molecule has 1 spiro atoms. The highest BCUT2D eigenvalue weighted by Crippen LogP contribution is 2.59. The third kappa shape index (κ3) is 5.02. The van der Waals surface area contributed by atoms with Crippen LogP contribution in [0.4, 0.5) is 5.69 Å². The van der Waals surface area contributed by atoms with Gasteiger partial charge in [0.1, 0.15) is 5.75 Å². The number of benzene rings is 1. The maximum atomic E-state index is 13.3. The van der Waals surface area contributed by atoms with Crippen molar-refractivity contribution in [3.05, 3.63) is 58.7 Å². The second-order valence-corrected chi connectivity index (χ2v) is 15.9. The summed E-state index contributed by atoms with van der Waals surface area (Å²) in [6.45, 7) is 7.68. The Morgan fingerprint density at radius 1 is 1.17 bits per heavy atom. The van der Waals surface area contributed by atoms with E-state index in [2.05, 4.69) is 28.7 Å². The Hall–Kier alpha value is -2.58. The SMILES string of the molecule is C[C@@H]1[C@@H](C)C/C=C/C(=O)[C@@H]2CC[C@H]2CN2C[C@@]3(CCCC4=CC(Cl)=CCC43C)COc3ccc(cc32)C(=O)NS1(=O)=O. The highest BCUT2D eigenvalue weighted by molar-refractivity contribution is 7.90. The third-order valence-corrected chi connectivity index (χ3v) is 13.3. The fourth-order valence-corrected chi connectivity index (χ4v) is 9.24. The number of allylic oxidation sites excluding steroid dienone is 6. The second-order valence-electron chi connectivity index (χ2n) is 13.4. The molecule has 1 aromatic rings. The number of rotatable bonds is 0. The van der Waals surface area contributed by atoms with E-state index in [9.17, 15) is 18.0 Å². The summed E-state index contributed by atoms with van der Waals surface area (Å²) in [4.78, 5) is 29.0. The Balaban J connectivity index is 1.42. The first-order valence-corrected chi connectivity index (χ1v) is 17.2. The van der Waals surface area contributed by atoms with Gasteiger partial charge >= 0.3 is 0 Å².